The van der Waals surface area contributed by atoms with Gasteiger partial charge in [-0.3, -0.25) is 4.68 Å². The SMILES string of the molecule is CCCn1cc(S(=O)(=O)NC(C)(C)CCO)c(N)n1. The van der Waals surface area contributed by atoms with Gasteiger partial charge in [0.25, 0.3) is 0 Å². The Kier molecular flexibility index (Phi) is 4.94. The maximum absolute atomic E-state index is 12.2. The molecule has 7 nitrogen and oxygen atoms in total. The van der Waals surface area contributed by atoms with Crippen molar-refractivity contribution in [2.24, 2.45) is 0 Å². The Morgan fingerprint density at radius 2 is 2.16 bits per heavy atom. The number of aromatic nitrogens is 2. The van der Waals surface area contributed by atoms with Crippen molar-refractivity contribution in [1.82, 2.24) is 14.5 Å². The fourth-order valence-electron chi connectivity index (χ4n) is 1.72. The van der Waals surface area contributed by atoms with Crippen LogP contribution in [0.2, 0.25) is 0 Å². The molecule has 1 aromatic rings. The van der Waals surface area contributed by atoms with Crippen molar-refractivity contribution in [2.75, 3.05) is 12.3 Å². The van der Waals surface area contributed by atoms with E-state index in [2.05, 4.69) is 9.82 Å². The molecular formula is C11H22N4O3S. The fraction of sp³-hybridized carbons (Fsp3) is 0.727. The van der Waals surface area contributed by atoms with Crippen molar-refractivity contribution >= 4 is 15.8 Å². The molecule has 0 spiro atoms. The molecule has 0 saturated carbocycles. The number of rotatable bonds is 7. The number of aliphatic hydroxyl groups excluding tert-OH is 1. The quantitative estimate of drug-likeness (QED) is 0.669. The molecule has 1 heterocycles. The average Bonchev–Trinajstić information content (AvgIpc) is 2.59. The van der Waals surface area contributed by atoms with E-state index in [4.69, 9.17) is 10.8 Å². The van der Waals surface area contributed by atoms with Crippen LogP contribution >= 0.6 is 0 Å². The molecule has 19 heavy (non-hydrogen) atoms. The minimum absolute atomic E-state index is 0.0132. The summed E-state index contributed by atoms with van der Waals surface area (Å²) in [6.45, 7) is 5.88. The van der Waals surface area contributed by atoms with Crippen molar-refractivity contribution < 1.29 is 13.5 Å². The van der Waals surface area contributed by atoms with Gasteiger partial charge in [0.1, 0.15) is 4.90 Å². The van der Waals surface area contributed by atoms with Gasteiger partial charge in [-0.2, -0.15) is 5.10 Å². The number of aryl methyl sites for hydroxylation is 1. The Morgan fingerprint density at radius 3 is 2.68 bits per heavy atom. The number of nitrogen functional groups attached to an aromatic ring is 1. The third kappa shape index (κ3) is 4.19. The highest BCUT2D eigenvalue weighted by Crippen LogP contribution is 2.20. The zero-order valence-corrected chi connectivity index (χ0v) is 12.4. The Labute approximate surface area is 113 Å². The Balaban J connectivity index is 3.00. The topological polar surface area (TPSA) is 110 Å². The lowest BCUT2D eigenvalue weighted by molar-refractivity contribution is 0.246. The van der Waals surface area contributed by atoms with Gasteiger partial charge in [-0.25, -0.2) is 13.1 Å². The second kappa shape index (κ2) is 5.89. The van der Waals surface area contributed by atoms with Gasteiger partial charge in [0, 0.05) is 24.9 Å². The van der Waals surface area contributed by atoms with Gasteiger partial charge in [0.15, 0.2) is 5.82 Å². The van der Waals surface area contributed by atoms with Gasteiger partial charge in [0.2, 0.25) is 10.0 Å². The molecule has 0 amide bonds. The van der Waals surface area contributed by atoms with E-state index in [0.29, 0.717) is 13.0 Å². The number of anilines is 1. The molecule has 1 aromatic heterocycles. The first-order valence-electron chi connectivity index (χ1n) is 6.19. The monoisotopic (exact) mass is 290 g/mol. The number of sulfonamides is 1. The van der Waals surface area contributed by atoms with Crippen molar-refractivity contribution in [3.8, 4) is 0 Å². The number of nitrogens with one attached hydrogen (secondary N) is 1. The summed E-state index contributed by atoms with van der Waals surface area (Å²) in [6, 6.07) is 0. The first-order valence-corrected chi connectivity index (χ1v) is 7.68. The van der Waals surface area contributed by atoms with Gasteiger partial charge < -0.3 is 10.8 Å². The van der Waals surface area contributed by atoms with Crippen LogP contribution in [0.4, 0.5) is 5.82 Å². The predicted molar refractivity (Wildman–Crippen MR) is 73.0 cm³/mol. The number of nitrogens with zero attached hydrogens (tertiary/aromatic N) is 2. The molecule has 4 N–H and O–H groups in total. The lowest BCUT2D eigenvalue weighted by Gasteiger charge is -2.24. The maximum Gasteiger partial charge on any atom is 0.246 e. The van der Waals surface area contributed by atoms with Crippen LogP contribution in [-0.4, -0.2) is 35.5 Å². The van der Waals surface area contributed by atoms with Crippen LogP contribution in [-0.2, 0) is 16.6 Å². The summed E-state index contributed by atoms with van der Waals surface area (Å²) in [7, 11) is -3.74. The molecule has 0 saturated heterocycles. The van der Waals surface area contributed by atoms with Crippen LogP contribution in [0.25, 0.3) is 0 Å². The maximum atomic E-state index is 12.2. The minimum Gasteiger partial charge on any atom is -0.396 e. The summed E-state index contributed by atoms with van der Waals surface area (Å²) < 4.78 is 28.5. The third-order valence-corrected chi connectivity index (χ3v) is 4.36. The lowest BCUT2D eigenvalue weighted by Crippen LogP contribution is -2.44. The predicted octanol–water partition coefficient (Wildman–Crippen LogP) is 0.315. The summed E-state index contributed by atoms with van der Waals surface area (Å²) in [5, 5.41) is 12.9. The van der Waals surface area contributed by atoms with E-state index in [1.165, 1.54) is 10.9 Å². The molecule has 0 aliphatic carbocycles. The first-order chi connectivity index (χ1) is 8.72. The molecular weight excluding hydrogens is 268 g/mol. The first kappa shape index (κ1) is 15.9. The van der Waals surface area contributed by atoms with Crippen LogP contribution in [0.1, 0.15) is 33.6 Å². The van der Waals surface area contributed by atoms with Crippen molar-refractivity contribution in [2.45, 2.75) is 50.6 Å². The number of aliphatic hydroxyl groups is 1. The van der Waals surface area contributed by atoms with Gasteiger partial charge >= 0.3 is 0 Å². The highest BCUT2D eigenvalue weighted by atomic mass is 32.2. The Bertz CT molecular complexity index is 522. The van der Waals surface area contributed by atoms with E-state index in [9.17, 15) is 8.42 Å². The molecule has 0 radical (unpaired) electrons. The highest BCUT2D eigenvalue weighted by molar-refractivity contribution is 7.89. The molecule has 0 aliphatic heterocycles. The molecule has 110 valence electrons. The summed E-state index contributed by atoms with van der Waals surface area (Å²) in [4.78, 5) is -0.0213. The van der Waals surface area contributed by atoms with Crippen LogP contribution in [0.3, 0.4) is 0 Å². The van der Waals surface area contributed by atoms with Gasteiger partial charge in [-0.1, -0.05) is 6.92 Å². The van der Waals surface area contributed by atoms with E-state index in [1.54, 1.807) is 13.8 Å². The van der Waals surface area contributed by atoms with E-state index < -0.39 is 15.6 Å². The van der Waals surface area contributed by atoms with Crippen LogP contribution in [0, 0.1) is 0 Å². The fourth-order valence-corrected chi connectivity index (χ4v) is 3.23. The molecule has 0 unspecified atom stereocenters. The zero-order valence-electron chi connectivity index (χ0n) is 11.5. The smallest absolute Gasteiger partial charge is 0.246 e. The molecule has 1 rings (SSSR count). The molecule has 0 fully saturated rings. The zero-order chi connectivity index (χ0) is 14.7. The molecule has 0 bridgehead atoms. The van der Waals surface area contributed by atoms with Gasteiger partial charge in [-0.15, -0.1) is 0 Å². The normalized spacial score (nSPS) is 12.8. The minimum atomic E-state index is -3.74. The van der Waals surface area contributed by atoms with Gasteiger partial charge in [-0.05, 0) is 26.7 Å². The number of nitrogens with two attached hydrogens (primary N) is 1. The molecule has 0 atom stereocenters. The van der Waals surface area contributed by atoms with Crippen molar-refractivity contribution in [1.29, 1.82) is 0 Å². The standard InChI is InChI=1S/C11H22N4O3S/c1-4-6-15-8-9(10(12)13-15)19(17,18)14-11(2,3)5-7-16/h8,14,16H,4-7H2,1-3H3,(H2,12,13). The molecule has 0 aliphatic rings. The Morgan fingerprint density at radius 1 is 1.53 bits per heavy atom. The van der Waals surface area contributed by atoms with E-state index in [0.717, 1.165) is 6.42 Å². The van der Waals surface area contributed by atoms with Crippen LogP contribution in [0.15, 0.2) is 11.1 Å². The largest absolute Gasteiger partial charge is 0.396 e. The average molecular weight is 290 g/mol. The Hall–Kier alpha value is -1.12. The van der Waals surface area contributed by atoms with Gasteiger partial charge in [0.05, 0.1) is 0 Å². The molecule has 0 aromatic carbocycles. The number of hydrogen-bond donors (Lipinski definition) is 3. The van der Waals surface area contributed by atoms with Crippen molar-refractivity contribution in [3.63, 3.8) is 0 Å². The summed E-state index contributed by atoms with van der Waals surface area (Å²) in [6.07, 6.45) is 2.58. The van der Waals surface area contributed by atoms with E-state index >= 15 is 0 Å². The highest BCUT2D eigenvalue weighted by Gasteiger charge is 2.28. The van der Waals surface area contributed by atoms with E-state index in [-0.39, 0.29) is 17.3 Å². The van der Waals surface area contributed by atoms with Crippen LogP contribution in [0.5, 0.6) is 0 Å². The number of hydrogen-bond acceptors (Lipinski definition) is 5. The van der Waals surface area contributed by atoms with E-state index in [1.807, 2.05) is 6.92 Å². The lowest BCUT2D eigenvalue weighted by atomic mass is 10.0. The summed E-state index contributed by atoms with van der Waals surface area (Å²) in [5.74, 6) is -0.0132. The second-order valence-electron chi connectivity index (χ2n) is 5.10. The summed E-state index contributed by atoms with van der Waals surface area (Å²) >= 11 is 0. The van der Waals surface area contributed by atoms with Crippen LogP contribution < -0.4 is 10.5 Å². The molecule has 8 heteroatoms. The summed E-state index contributed by atoms with van der Waals surface area (Å²) in [5.41, 5.74) is 4.91. The third-order valence-electron chi connectivity index (χ3n) is 2.64. The van der Waals surface area contributed by atoms with Crippen molar-refractivity contribution in [3.05, 3.63) is 6.20 Å². The second-order valence-corrected chi connectivity index (χ2v) is 6.76.